The summed E-state index contributed by atoms with van der Waals surface area (Å²) in [6.45, 7) is 1.37. The Hall–Kier alpha value is -2.04. The van der Waals surface area contributed by atoms with Crippen LogP contribution in [0.2, 0.25) is 5.02 Å². The van der Waals surface area contributed by atoms with Gasteiger partial charge < -0.3 is 14.8 Å². The Morgan fingerprint density at radius 1 is 1.24 bits per heavy atom. The highest BCUT2D eigenvalue weighted by atomic mass is 35.5. The SMILES string of the molecule is O=C(CCc1ccc(Cl)cc1)Nc1cccc(OCC2CCCO2)c1. The Kier molecular flexibility index (Phi) is 6.31. The molecule has 4 nitrogen and oxygen atoms in total. The van der Waals surface area contributed by atoms with Crippen LogP contribution >= 0.6 is 11.6 Å². The van der Waals surface area contributed by atoms with Crippen molar-refractivity contribution in [2.24, 2.45) is 0 Å². The molecular formula is C20H22ClNO3. The summed E-state index contributed by atoms with van der Waals surface area (Å²) in [6, 6.07) is 15.0. The third-order valence-corrected chi connectivity index (χ3v) is 4.38. The van der Waals surface area contributed by atoms with Gasteiger partial charge in [0.05, 0.1) is 6.10 Å². The Labute approximate surface area is 153 Å². The van der Waals surface area contributed by atoms with Crippen molar-refractivity contribution in [3.05, 3.63) is 59.1 Å². The highest BCUT2D eigenvalue weighted by Gasteiger charge is 2.16. The molecule has 2 aromatic rings. The maximum atomic E-state index is 12.1. The number of halogens is 1. The van der Waals surface area contributed by atoms with Gasteiger partial charge in [0, 0.05) is 29.8 Å². The quantitative estimate of drug-likeness (QED) is 0.793. The molecule has 1 aliphatic heterocycles. The van der Waals surface area contributed by atoms with Crippen LogP contribution in [-0.4, -0.2) is 25.2 Å². The third kappa shape index (κ3) is 5.76. The summed E-state index contributed by atoms with van der Waals surface area (Å²) in [5.74, 6) is 0.720. The van der Waals surface area contributed by atoms with Gasteiger partial charge in [-0.05, 0) is 49.1 Å². The van der Waals surface area contributed by atoms with E-state index < -0.39 is 0 Å². The molecule has 1 fully saturated rings. The molecule has 1 atom stereocenters. The number of carbonyl (C=O) groups excluding carboxylic acids is 1. The first-order valence-corrected chi connectivity index (χ1v) is 8.95. The van der Waals surface area contributed by atoms with E-state index in [2.05, 4.69) is 5.32 Å². The van der Waals surface area contributed by atoms with Crippen molar-refractivity contribution in [2.45, 2.75) is 31.8 Å². The Morgan fingerprint density at radius 2 is 2.08 bits per heavy atom. The number of amides is 1. The largest absolute Gasteiger partial charge is 0.491 e. The molecule has 3 rings (SSSR count). The predicted molar refractivity (Wildman–Crippen MR) is 99.3 cm³/mol. The highest BCUT2D eigenvalue weighted by Crippen LogP contribution is 2.20. The molecule has 0 aromatic heterocycles. The number of carbonyl (C=O) groups is 1. The second kappa shape index (κ2) is 8.88. The number of nitrogens with one attached hydrogen (secondary N) is 1. The molecule has 0 radical (unpaired) electrons. The van der Waals surface area contributed by atoms with Crippen LogP contribution in [0.25, 0.3) is 0 Å². The molecule has 5 heteroatoms. The van der Waals surface area contributed by atoms with Crippen LogP contribution in [0.15, 0.2) is 48.5 Å². The molecule has 132 valence electrons. The van der Waals surface area contributed by atoms with E-state index in [0.717, 1.165) is 36.4 Å². The van der Waals surface area contributed by atoms with Crippen molar-refractivity contribution in [3.63, 3.8) is 0 Å². The minimum absolute atomic E-state index is 0.0220. The average Bonchev–Trinajstić information content (AvgIpc) is 3.13. The van der Waals surface area contributed by atoms with Crippen LogP contribution in [0, 0.1) is 0 Å². The molecule has 0 bridgehead atoms. The van der Waals surface area contributed by atoms with Gasteiger partial charge in [-0.15, -0.1) is 0 Å². The minimum Gasteiger partial charge on any atom is -0.491 e. The van der Waals surface area contributed by atoms with E-state index in [4.69, 9.17) is 21.1 Å². The first-order valence-electron chi connectivity index (χ1n) is 8.58. The molecule has 1 aliphatic rings. The number of hydrogen-bond acceptors (Lipinski definition) is 3. The van der Waals surface area contributed by atoms with E-state index in [0.29, 0.717) is 24.5 Å². The van der Waals surface area contributed by atoms with Crippen molar-refractivity contribution < 1.29 is 14.3 Å². The van der Waals surface area contributed by atoms with Crippen LogP contribution in [0.4, 0.5) is 5.69 Å². The number of ether oxygens (including phenoxy) is 2. The first-order chi connectivity index (χ1) is 12.2. The summed E-state index contributed by atoms with van der Waals surface area (Å²) in [6.07, 6.45) is 3.41. The molecule has 1 saturated heterocycles. The summed E-state index contributed by atoms with van der Waals surface area (Å²) in [7, 11) is 0. The van der Waals surface area contributed by atoms with Gasteiger partial charge in [0.25, 0.3) is 0 Å². The lowest BCUT2D eigenvalue weighted by Gasteiger charge is -2.12. The Balaban J connectivity index is 1.47. The van der Waals surface area contributed by atoms with Crippen molar-refractivity contribution >= 4 is 23.2 Å². The van der Waals surface area contributed by atoms with Gasteiger partial charge in [-0.3, -0.25) is 4.79 Å². The summed E-state index contributed by atoms with van der Waals surface area (Å²) < 4.78 is 11.3. The summed E-state index contributed by atoms with van der Waals surface area (Å²) >= 11 is 5.86. The average molecular weight is 360 g/mol. The Bertz CT molecular complexity index is 696. The van der Waals surface area contributed by atoms with Crippen molar-refractivity contribution in [2.75, 3.05) is 18.5 Å². The lowest BCUT2D eigenvalue weighted by molar-refractivity contribution is -0.116. The zero-order valence-corrected chi connectivity index (χ0v) is 14.8. The predicted octanol–water partition coefficient (Wildman–Crippen LogP) is 4.47. The number of anilines is 1. The molecule has 2 aromatic carbocycles. The smallest absolute Gasteiger partial charge is 0.224 e. The van der Waals surface area contributed by atoms with Crippen LogP contribution in [0.1, 0.15) is 24.8 Å². The van der Waals surface area contributed by atoms with E-state index in [1.165, 1.54) is 0 Å². The van der Waals surface area contributed by atoms with Gasteiger partial charge >= 0.3 is 0 Å². The normalized spacial score (nSPS) is 16.6. The maximum absolute atomic E-state index is 12.1. The number of benzene rings is 2. The van der Waals surface area contributed by atoms with Gasteiger partial charge in [0.2, 0.25) is 5.91 Å². The van der Waals surface area contributed by atoms with Crippen LogP contribution in [0.5, 0.6) is 5.75 Å². The van der Waals surface area contributed by atoms with Gasteiger partial charge in [0.1, 0.15) is 12.4 Å². The van der Waals surface area contributed by atoms with E-state index in [9.17, 15) is 4.79 Å². The molecule has 1 N–H and O–H groups in total. The van der Waals surface area contributed by atoms with Gasteiger partial charge in [-0.25, -0.2) is 0 Å². The molecule has 1 unspecified atom stereocenters. The second-order valence-electron chi connectivity index (χ2n) is 6.15. The van der Waals surface area contributed by atoms with Gasteiger partial charge in [-0.2, -0.15) is 0 Å². The van der Waals surface area contributed by atoms with Crippen LogP contribution in [-0.2, 0) is 16.0 Å². The fraction of sp³-hybridized carbons (Fsp3) is 0.350. The molecule has 25 heavy (non-hydrogen) atoms. The summed E-state index contributed by atoms with van der Waals surface area (Å²) in [5.41, 5.74) is 1.83. The van der Waals surface area contributed by atoms with Crippen LogP contribution in [0.3, 0.4) is 0 Å². The number of rotatable bonds is 7. The minimum atomic E-state index is -0.0220. The van der Waals surface area contributed by atoms with Crippen molar-refractivity contribution in [1.82, 2.24) is 0 Å². The van der Waals surface area contributed by atoms with E-state index in [-0.39, 0.29) is 12.0 Å². The van der Waals surface area contributed by atoms with Gasteiger partial charge in [0.15, 0.2) is 0 Å². The zero-order valence-electron chi connectivity index (χ0n) is 14.0. The number of hydrogen-bond donors (Lipinski definition) is 1. The third-order valence-electron chi connectivity index (χ3n) is 4.13. The molecule has 0 spiro atoms. The molecule has 0 saturated carbocycles. The molecule has 1 heterocycles. The monoisotopic (exact) mass is 359 g/mol. The maximum Gasteiger partial charge on any atom is 0.224 e. The Morgan fingerprint density at radius 3 is 2.84 bits per heavy atom. The fourth-order valence-corrected chi connectivity index (χ4v) is 2.89. The van der Waals surface area contributed by atoms with Crippen molar-refractivity contribution in [3.8, 4) is 5.75 Å². The highest BCUT2D eigenvalue weighted by molar-refractivity contribution is 6.30. The van der Waals surface area contributed by atoms with Crippen LogP contribution < -0.4 is 10.1 Å². The standard InChI is InChI=1S/C20H22ClNO3/c21-16-9-6-15(7-10-16)8-11-20(23)22-17-3-1-4-18(13-17)25-14-19-5-2-12-24-19/h1,3-4,6-7,9-10,13,19H,2,5,8,11-12,14H2,(H,22,23). The second-order valence-corrected chi connectivity index (χ2v) is 6.58. The fourth-order valence-electron chi connectivity index (χ4n) is 2.76. The molecular weight excluding hydrogens is 338 g/mol. The molecule has 0 aliphatic carbocycles. The van der Waals surface area contributed by atoms with E-state index in [1.807, 2.05) is 48.5 Å². The molecule has 1 amide bonds. The summed E-state index contributed by atoms with van der Waals surface area (Å²) in [5, 5.41) is 3.62. The van der Waals surface area contributed by atoms with Gasteiger partial charge in [-0.1, -0.05) is 29.8 Å². The topological polar surface area (TPSA) is 47.6 Å². The number of aryl methyl sites for hydroxylation is 1. The first kappa shape index (κ1) is 17.8. The lowest BCUT2D eigenvalue weighted by atomic mass is 10.1. The zero-order chi connectivity index (χ0) is 17.5. The lowest BCUT2D eigenvalue weighted by Crippen LogP contribution is -2.16. The van der Waals surface area contributed by atoms with E-state index >= 15 is 0 Å². The van der Waals surface area contributed by atoms with Crippen molar-refractivity contribution in [1.29, 1.82) is 0 Å². The van der Waals surface area contributed by atoms with E-state index in [1.54, 1.807) is 0 Å². The summed E-state index contributed by atoms with van der Waals surface area (Å²) in [4.78, 5) is 12.1.